The van der Waals surface area contributed by atoms with Gasteiger partial charge in [0.25, 0.3) is 5.91 Å². The molecule has 1 aliphatic heterocycles. The Labute approximate surface area is 272 Å². The third-order valence-electron chi connectivity index (χ3n) is 6.71. The normalized spacial score (nSPS) is 16.2. The van der Waals surface area contributed by atoms with Crippen molar-refractivity contribution in [3.05, 3.63) is 54.4 Å². The van der Waals surface area contributed by atoms with Crippen LogP contribution >= 0.6 is 11.6 Å². The number of carbonyl (C=O) groups excluding carboxylic acids is 2. The van der Waals surface area contributed by atoms with Crippen LogP contribution in [0.1, 0.15) is 10.4 Å². The van der Waals surface area contributed by atoms with Crippen molar-refractivity contribution in [1.82, 2.24) is 20.5 Å². The zero-order valence-corrected chi connectivity index (χ0v) is 25.6. The minimum absolute atomic E-state index is 0.109. The van der Waals surface area contributed by atoms with E-state index >= 15 is 0 Å². The number of pyridine rings is 1. The predicted octanol–water partition coefficient (Wildman–Crippen LogP) is 1.94. The molecule has 254 valence electrons. The summed E-state index contributed by atoms with van der Waals surface area (Å²) in [4.78, 5) is 42.5. The summed E-state index contributed by atoms with van der Waals surface area (Å²) in [6, 6.07) is 8.46. The predicted molar refractivity (Wildman–Crippen MR) is 162 cm³/mol. The number of carbonyl (C=O) groups is 3. The van der Waals surface area contributed by atoms with Gasteiger partial charge >= 0.3 is 11.5 Å². The van der Waals surface area contributed by atoms with E-state index in [0.29, 0.717) is 22.8 Å². The fraction of sp³-hybridized carbons (Fsp3) is 0.414. The number of aliphatic hydroxyl groups excluding tert-OH is 1. The number of carboxylic acids is 1. The van der Waals surface area contributed by atoms with E-state index in [-0.39, 0.29) is 76.5 Å². The number of alkyl halides is 3. The molecular weight excluding hydrogens is 650 g/mol. The lowest BCUT2D eigenvalue weighted by Gasteiger charge is -2.20. The second-order valence-corrected chi connectivity index (χ2v) is 10.6. The number of hydrogen-bond donors (Lipinski definition) is 5. The van der Waals surface area contributed by atoms with Crippen molar-refractivity contribution >= 4 is 40.9 Å². The molecule has 0 spiro atoms. The zero-order valence-electron chi connectivity index (χ0n) is 24.9. The van der Waals surface area contributed by atoms with Gasteiger partial charge in [-0.05, 0) is 36.4 Å². The van der Waals surface area contributed by atoms with E-state index in [2.05, 4.69) is 30.6 Å². The number of aliphatic carboxylic acids is 1. The van der Waals surface area contributed by atoms with Crippen LogP contribution in [0.5, 0.6) is 5.75 Å². The Morgan fingerprint density at radius 3 is 2.40 bits per heavy atom. The molecule has 0 unspecified atom stereocenters. The van der Waals surface area contributed by atoms with Gasteiger partial charge < -0.3 is 44.7 Å². The van der Waals surface area contributed by atoms with Crippen LogP contribution < -0.4 is 20.3 Å². The van der Waals surface area contributed by atoms with Crippen molar-refractivity contribution in [3.8, 4) is 17.0 Å². The van der Waals surface area contributed by atoms with Gasteiger partial charge in [-0.15, -0.1) is 8.78 Å². The molecule has 0 radical (unpaired) electrons. The lowest BCUT2D eigenvalue weighted by molar-refractivity contribution is -0.142. The van der Waals surface area contributed by atoms with Gasteiger partial charge in [-0.2, -0.15) is 5.10 Å². The van der Waals surface area contributed by atoms with Crippen LogP contribution in [-0.4, -0.2) is 114 Å². The summed E-state index contributed by atoms with van der Waals surface area (Å²) >= 11 is 4.78. The average Bonchev–Trinajstić information content (AvgIpc) is 3.70. The maximum Gasteiger partial charge on any atom is 0.487 e. The van der Waals surface area contributed by atoms with E-state index in [9.17, 15) is 28.3 Å². The molecule has 1 aromatic carbocycles. The molecule has 1 saturated heterocycles. The van der Waals surface area contributed by atoms with Crippen LogP contribution in [0.15, 0.2) is 48.8 Å². The van der Waals surface area contributed by atoms with Gasteiger partial charge in [-0.25, -0.2) is 9.78 Å². The molecule has 0 saturated carbocycles. The molecule has 4 rings (SSSR count). The van der Waals surface area contributed by atoms with Crippen molar-refractivity contribution in [2.24, 2.45) is 5.92 Å². The largest absolute Gasteiger partial charge is 0.487 e. The Balaban J connectivity index is 1.29. The monoisotopic (exact) mass is 682 g/mol. The number of nitrogens with zero attached hydrogens (tertiary/aromatic N) is 3. The lowest BCUT2D eigenvalue weighted by atomic mass is 10.1. The molecular formula is C29H33ClF2N6O9. The maximum absolute atomic E-state index is 13.0. The van der Waals surface area contributed by atoms with Crippen LogP contribution in [0.25, 0.3) is 11.3 Å². The van der Waals surface area contributed by atoms with Crippen LogP contribution in [0, 0.1) is 5.92 Å². The molecule has 2 atom stereocenters. The topological polar surface area (TPSA) is 197 Å². The molecule has 1 aliphatic rings. The second kappa shape index (κ2) is 16.9. The summed E-state index contributed by atoms with van der Waals surface area (Å²) in [7, 11) is 0. The number of hydrogen-bond acceptors (Lipinski definition) is 11. The smallest absolute Gasteiger partial charge is 0.480 e. The molecule has 3 heterocycles. The highest BCUT2D eigenvalue weighted by Crippen LogP contribution is 2.33. The standard InChI is InChI=1S/C29H33ClF2N6O9/c30-29(31,32)47-20-3-1-19(2-4-20)36-27(42)18-13-21(23-5-6-35-37-23)26(34-14-18)38-15-22(24(39)16-38)28(43)33-7-8-44-9-10-45-11-12-46-17-25(40)41/h1-6,13-14,22,24,39H,7-12,15-17H2,(H,33,43)(H,35,37)(H,36,42)(H,40,41)/t22-,24-/m0/s1. The first-order valence-corrected chi connectivity index (χ1v) is 14.7. The average molecular weight is 683 g/mol. The van der Waals surface area contributed by atoms with E-state index in [0.717, 1.165) is 0 Å². The Kier molecular flexibility index (Phi) is 12.8. The molecule has 0 bridgehead atoms. The van der Waals surface area contributed by atoms with E-state index in [1.807, 2.05) is 0 Å². The lowest BCUT2D eigenvalue weighted by Crippen LogP contribution is -2.38. The van der Waals surface area contributed by atoms with Crippen LogP contribution in [0.3, 0.4) is 0 Å². The number of benzene rings is 1. The quantitative estimate of drug-likeness (QED) is 0.0967. The third kappa shape index (κ3) is 11.1. The number of amides is 2. The second-order valence-electron chi connectivity index (χ2n) is 10.1. The van der Waals surface area contributed by atoms with Gasteiger partial charge in [0, 0.05) is 54.9 Å². The first-order chi connectivity index (χ1) is 22.5. The van der Waals surface area contributed by atoms with Crippen molar-refractivity contribution in [2.45, 2.75) is 11.7 Å². The Morgan fingerprint density at radius 1 is 1.04 bits per heavy atom. The van der Waals surface area contributed by atoms with Crippen molar-refractivity contribution in [3.63, 3.8) is 0 Å². The first-order valence-electron chi connectivity index (χ1n) is 14.3. The SMILES string of the molecule is O=C(O)COCCOCCOCCNC(=O)[C@H]1CN(c2ncc(C(=O)Nc3ccc(OC(F)(F)Cl)cc3)cc2-c2ccn[nH]2)C[C@@H]1O. The molecule has 18 heteroatoms. The van der Waals surface area contributed by atoms with Gasteiger partial charge in [0.15, 0.2) is 0 Å². The molecule has 2 amide bonds. The molecule has 3 aromatic rings. The minimum Gasteiger partial charge on any atom is -0.480 e. The number of ether oxygens (including phenoxy) is 4. The van der Waals surface area contributed by atoms with Crippen molar-refractivity contribution in [1.29, 1.82) is 0 Å². The Hall–Kier alpha value is -4.42. The van der Waals surface area contributed by atoms with Crippen molar-refractivity contribution < 1.29 is 52.3 Å². The van der Waals surface area contributed by atoms with Crippen LogP contribution in [-0.2, 0) is 23.8 Å². The number of aliphatic hydroxyl groups is 1. The summed E-state index contributed by atoms with van der Waals surface area (Å²) in [5.41, 5.74) is -2.34. The Morgan fingerprint density at radius 2 is 1.74 bits per heavy atom. The van der Waals surface area contributed by atoms with Gasteiger partial charge in [-0.1, -0.05) is 0 Å². The van der Waals surface area contributed by atoms with Crippen LogP contribution in [0.4, 0.5) is 20.3 Å². The fourth-order valence-corrected chi connectivity index (χ4v) is 4.66. The number of anilines is 2. The molecule has 1 fully saturated rings. The third-order valence-corrected chi connectivity index (χ3v) is 6.78. The van der Waals surface area contributed by atoms with Gasteiger partial charge in [0.05, 0.1) is 56.3 Å². The highest BCUT2D eigenvalue weighted by atomic mass is 35.5. The summed E-state index contributed by atoms with van der Waals surface area (Å²) in [6.45, 7) is 1.21. The summed E-state index contributed by atoms with van der Waals surface area (Å²) in [5, 5.41) is 31.5. The van der Waals surface area contributed by atoms with E-state index < -0.39 is 29.5 Å². The number of carboxylic acid groups (broad SMARTS) is 1. The first kappa shape index (κ1) is 35.4. The van der Waals surface area contributed by atoms with Gasteiger partial charge in [-0.3, -0.25) is 14.7 Å². The number of nitrogens with one attached hydrogen (secondary N) is 3. The van der Waals surface area contributed by atoms with E-state index in [1.165, 1.54) is 36.7 Å². The molecule has 47 heavy (non-hydrogen) atoms. The molecule has 5 N–H and O–H groups in total. The van der Waals surface area contributed by atoms with E-state index in [1.54, 1.807) is 17.0 Å². The minimum atomic E-state index is -3.87. The van der Waals surface area contributed by atoms with Gasteiger partial charge in [0.1, 0.15) is 18.2 Å². The van der Waals surface area contributed by atoms with E-state index in [4.69, 9.17) is 30.9 Å². The van der Waals surface area contributed by atoms with Crippen LogP contribution in [0.2, 0.25) is 0 Å². The molecule has 15 nitrogen and oxygen atoms in total. The number of β-amino-alcohol motifs (C(OH)–C–C–N with tert-alkyl or cyclic N) is 1. The number of aromatic nitrogens is 3. The maximum atomic E-state index is 13.0. The zero-order chi connectivity index (χ0) is 33.8. The van der Waals surface area contributed by atoms with Gasteiger partial charge in [0.2, 0.25) is 5.91 Å². The molecule has 2 aromatic heterocycles. The number of H-pyrrole nitrogens is 1. The summed E-state index contributed by atoms with van der Waals surface area (Å²) < 4.78 is 45.5. The summed E-state index contributed by atoms with van der Waals surface area (Å²) in [6.07, 6.45) is 1.89. The fourth-order valence-electron chi connectivity index (χ4n) is 4.58. The number of aromatic amines is 1. The number of rotatable bonds is 18. The molecule has 0 aliphatic carbocycles. The highest BCUT2D eigenvalue weighted by molar-refractivity contribution is 6.20. The number of halogens is 3. The summed E-state index contributed by atoms with van der Waals surface area (Å²) in [5.74, 6) is -2.47. The van der Waals surface area contributed by atoms with Crippen molar-refractivity contribution in [2.75, 3.05) is 69.5 Å². The highest BCUT2D eigenvalue weighted by Gasteiger charge is 2.38. The Bertz CT molecular complexity index is 1480.